The van der Waals surface area contributed by atoms with Crippen molar-refractivity contribution in [1.82, 2.24) is 4.90 Å². The number of aliphatic hydroxyl groups excluding tert-OH is 1. The molecule has 1 unspecified atom stereocenters. The van der Waals surface area contributed by atoms with Crippen LogP contribution in [0.1, 0.15) is 24.0 Å². The van der Waals surface area contributed by atoms with Gasteiger partial charge in [-0.05, 0) is 23.6 Å². The molecule has 2 aliphatic heterocycles. The van der Waals surface area contributed by atoms with Crippen LogP contribution in [0.2, 0.25) is 0 Å². The Balaban J connectivity index is 1.78. The monoisotopic (exact) mass is 310 g/mol. The summed E-state index contributed by atoms with van der Waals surface area (Å²) >= 11 is 0. The number of aryl methyl sites for hydroxylation is 1. The Hall–Kier alpha value is -1.53. The molecule has 1 aromatic carbocycles. The molecule has 0 saturated carbocycles. The third-order valence-corrected chi connectivity index (χ3v) is 4.57. The molecule has 1 aromatic rings. The molecular weight excluding hydrogens is 290 g/mol. The molecule has 4 nitrogen and oxygen atoms in total. The summed E-state index contributed by atoms with van der Waals surface area (Å²) in [6, 6.07) is 5.25. The first-order valence-electron chi connectivity index (χ1n) is 7.51. The Labute approximate surface area is 128 Å². The van der Waals surface area contributed by atoms with Gasteiger partial charge in [-0.25, -0.2) is 8.78 Å². The van der Waals surface area contributed by atoms with Crippen molar-refractivity contribution in [1.29, 1.82) is 0 Å². The third kappa shape index (κ3) is 2.85. The van der Waals surface area contributed by atoms with Crippen LogP contribution in [0.3, 0.4) is 0 Å². The van der Waals surface area contributed by atoms with E-state index in [0.29, 0.717) is 19.4 Å². The molecule has 6 heteroatoms. The van der Waals surface area contributed by atoms with Crippen LogP contribution in [-0.4, -0.2) is 48.1 Å². The molecule has 22 heavy (non-hydrogen) atoms. The fourth-order valence-electron chi connectivity index (χ4n) is 3.37. The first-order chi connectivity index (χ1) is 10.4. The van der Waals surface area contributed by atoms with Crippen molar-refractivity contribution in [3.63, 3.8) is 0 Å². The van der Waals surface area contributed by atoms with E-state index in [4.69, 9.17) is 0 Å². The quantitative estimate of drug-likeness (QED) is 0.926. The van der Waals surface area contributed by atoms with E-state index < -0.39 is 12.0 Å². The summed E-state index contributed by atoms with van der Waals surface area (Å²) in [5.41, 5.74) is 2.91. The molecule has 0 radical (unpaired) electrons. The maximum atomic E-state index is 13.5. The standard InChI is InChI=1S/C16H20F2N2O2/c1-19-14-4-2-11(6-12(14)3-5-15(19)22)8-20-10-16(17,18)7-13(20)9-21/h2,4,6,13,21H,3,5,7-10H2,1H3. The largest absolute Gasteiger partial charge is 0.395 e. The Morgan fingerprint density at radius 3 is 2.86 bits per heavy atom. The Bertz CT molecular complexity index is 592. The summed E-state index contributed by atoms with van der Waals surface area (Å²) in [7, 11) is 1.75. The number of rotatable bonds is 3. The molecule has 120 valence electrons. The number of benzene rings is 1. The van der Waals surface area contributed by atoms with Gasteiger partial charge >= 0.3 is 0 Å². The highest BCUT2D eigenvalue weighted by Crippen LogP contribution is 2.34. The number of aliphatic hydroxyl groups is 1. The first kappa shape index (κ1) is 15.4. The van der Waals surface area contributed by atoms with Crippen LogP contribution in [0.4, 0.5) is 14.5 Å². The van der Waals surface area contributed by atoms with E-state index in [9.17, 15) is 18.7 Å². The topological polar surface area (TPSA) is 43.8 Å². The first-order valence-corrected chi connectivity index (χ1v) is 7.51. The molecule has 0 aromatic heterocycles. The van der Waals surface area contributed by atoms with Gasteiger partial charge in [0.2, 0.25) is 5.91 Å². The Morgan fingerprint density at radius 1 is 1.36 bits per heavy atom. The van der Waals surface area contributed by atoms with E-state index in [0.717, 1.165) is 16.8 Å². The molecule has 1 atom stereocenters. The van der Waals surface area contributed by atoms with E-state index in [1.165, 1.54) is 0 Å². The number of carbonyl (C=O) groups excluding carboxylic acids is 1. The number of carbonyl (C=O) groups is 1. The smallest absolute Gasteiger partial charge is 0.262 e. The van der Waals surface area contributed by atoms with Gasteiger partial charge in [0.25, 0.3) is 5.92 Å². The minimum atomic E-state index is -2.73. The Morgan fingerprint density at radius 2 is 2.14 bits per heavy atom. The molecule has 1 fully saturated rings. The molecule has 2 heterocycles. The van der Waals surface area contributed by atoms with Gasteiger partial charge < -0.3 is 10.0 Å². The molecule has 0 aliphatic carbocycles. The van der Waals surface area contributed by atoms with E-state index >= 15 is 0 Å². The number of alkyl halides is 2. The van der Waals surface area contributed by atoms with Gasteiger partial charge in [-0.3, -0.25) is 9.69 Å². The molecule has 1 saturated heterocycles. The molecule has 2 aliphatic rings. The van der Waals surface area contributed by atoms with Crippen molar-refractivity contribution in [2.45, 2.75) is 37.8 Å². The summed E-state index contributed by atoms with van der Waals surface area (Å²) in [4.78, 5) is 15.0. The second-order valence-electron chi connectivity index (χ2n) is 6.22. The zero-order chi connectivity index (χ0) is 15.9. The lowest BCUT2D eigenvalue weighted by Crippen LogP contribution is -2.33. The second-order valence-corrected chi connectivity index (χ2v) is 6.22. The SMILES string of the molecule is CN1C(=O)CCc2cc(CN3CC(F)(F)CC3CO)ccc21. The van der Waals surface area contributed by atoms with Gasteiger partial charge in [0.05, 0.1) is 13.2 Å². The van der Waals surface area contributed by atoms with Gasteiger partial charge in [0.15, 0.2) is 0 Å². The minimum absolute atomic E-state index is 0.0970. The molecule has 0 spiro atoms. The lowest BCUT2D eigenvalue weighted by atomic mass is 9.99. The molecule has 0 bridgehead atoms. The third-order valence-electron chi connectivity index (χ3n) is 4.57. The molecular formula is C16H20F2N2O2. The lowest BCUT2D eigenvalue weighted by Gasteiger charge is -2.27. The van der Waals surface area contributed by atoms with E-state index in [2.05, 4.69) is 0 Å². The van der Waals surface area contributed by atoms with Gasteiger partial charge in [-0.2, -0.15) is 0 Å². The fourth-order valence-corrected chi connectivity index (χ4v) is 3.37. The number of amides is 1. The van der Waals surface area contributed by atoms with Crippen molar-refractivity contribution in [2.75, 3.05) is 25.1 Å². The van der Waals surface area contributed by atoms with Gasteiger partial charge in [0.1, 0.15) is 0 Å². The number of hydrogen-bond acceptors (Lipinski definition) is 3. The highest BCUT2D eigenvalue weighted by Gasteiger charge is 2.44. The van der Waals surface area contributed by atoms with Gasteiger partial charge in [0, 0.05) is 38.2 Å². The van der Waals surface area contributed by atoms with Crippen LogP contribution in [0.15, 0.2) is 18.2 Å². The number of nitrogens with zero attached hydrogens (tertiary/aromatic N) is 2. The van der Waals surface area contributed by atoms with Crippen LogP contribution in [0.5, 0.6) is 0 Å². The number of likely N-dealkylation sites (tertiary alicyclic amines) is 1. The molecule has 1 N–H and O–H groups in total. The average molecular weight is 310 g/mol. The molecule has 3 rings (SSSR count). The van der Waals surface area contributed by atoms with Crippen molar-refractivity contribution in [2.24, 2.45) is 0 Å². The van der Waals surface area contributed by atoms with Crippen LogP contribution in [0, 0.1) is 0 Å². The van der Waals surface area contributed by atoms with Gasteiger partial charge in [-0.15, -0.1) is 0 Å². The highest BCUT2D eigenvalue weighted by molar-refractivity contribution is 5.95. The maximum absolute atomic E-state index is 13.5. The number of anilines is 1. The van der Waals surface area contributed by atoms with Crippen LogP contribution in [0.25, 0.3) is 0 Å². The summed E-state index contributed by atoms with van der Waals surface area (Å²) in [5, 5.41) is 9.28. The predicted molar refractivity (Wildman–Crippen MR) is 79.0 cm³/mol. The van der Waals surface area contributed by atoms with Crippen molar-refractivity contribution in [3.8, 4) is 0 Å². The zero-order valence-corrected chi connectivity index (χ0v) is 12.6. The van der Waals surface area contributed by atoms with Crippen molar-refractivity contribution >= 4 is 11.6 Å². The predicted octanol–water partition coefficient (Wildman–Crippen LogP) is 1.80. The second kappa shape index (κ2) is 5.59. The summed E-state index contributed by atoms with van der Waals surface area (Å²) in [6.45, 7) is -0.169. The number of halogens is 2. The normalized spacial score (nSPS) is 24.6. The fraction of sp³-hybridized carbons (Fsp3) is 0.562. The maximum Gasteiger partial charge on any atom is 0.262 e. The number of hydrogen-bond donors (Lipinski definition) is 1. The summed E-state index contributed by atoms with van der Waals surface area (Å²) in [6.07, 6.45) is 0.881. The van der Waals surface area contributed by atoms with Gasteiger partial charge in [-0.1, -0.05) is 12.1 Å². The lowest BCUT2D eigenvalue weighted by molar-refractivity contribution is -0.118. The zero-order valence-electron chi connectivity index (χ0n) is 12.6. The highest BCUT2D eigenvalue weighted by atomic mass is 19.3. The van der Waals surface area contributed by atoms with Crippen molar-refractivity contribution in [3.05, 3.63) is 29.3 Å². The van der Waals surface area contributed by atoms with Crippen LogP contribution < -0.4 is 4.90 Å². The summed E-state index contributed by atoms with van der Waals surface area (Å²) < 4.78 is 27.0. The van der Waals surface area contributed by atoms with Crippen LogP contribution in [-0.2, 0) is 17.8 Å². The Kier molecular flexibility index (Phi) is 3.91. The number of fused-ring (bicyclic) bond motifs is 1. The van der Waals surface area contributed by atoms with E-state index in [-0.39, 0.29) is 25.5 Å². The van der Waals surface area contributed by atoms with E-state index in [1.807, 2.05) is 18.2 Å². The minimum Gasteiger partial charge on any atom is -0.395 e. The van der Waals surface area contributed by atoms with E-state index in [1.54, 1.807) is 16.8 Å². The van der Waals surface area contributed by atoms with Crippen molar-refractivity contribution < 1.29 is 18.7 Å². The van der Waals surface area contributed by atoms with Crippen LogP contribution >= 0.6 is 0 Å². The summed E-state index contributed by atoms with van der Waals surface area (Å²) in [5.74, 6) is -2.63. The average Bonchev–Trinajstić information content (AvgIpc) is 2.77. The molecule has 1 amide bonds.